The first kappa shape index (κ1) is 15.2. The third-order valence-electron chi connectivity index (χ3n) is 3.35. The zero-order valence-electron chi connectivity index (χ0n) is 13.0. The van der Waals surface area contributed by atoms with Gasteiger partial charge in [0.15, 0.2) is 0 Å². The van der Waals surface area contributed by atoms with E-state index < -0.39 is 0 Å². The van der Waals surface area contributed by atoms with Crippen LogP contribution in [0, 0.1) is 6.92 Å². The number of aromatic nitrogens is 1. The SMILES string of the molecule is Cc1ccc([C@@H](C)NCc2cnc(C(C)(C)C)s2)cc1. The highest BCUT2D eigenvalue weighted by Gasteiger charge is 2.18. The maximum atomic E-state index is 4.53. The van der Waals surface area contributed by atoms with Crippen molar-refractivity contribution < 1.29 is 0 Å². The van der Waals surface area contributed by atoms with Crippen LogP contribution in [0.1, 0.15) is 54.7 Å². The smallest absolute Gasteiger partial charge is 0.0981 e. The van der Waals surface area contributed by atoms with E-state index in [2.05, 4.69) is 69.2 Å². The lowest BCUT2D eigenvalue weighted by molar-refractivity contribution is 0.578. The number of aryl methyl sites for hydroxylation is 1. The molecule has 1 heterocycles. The molecule has 0 radical (unpaired) electrons. The number of rotatable bonds is 4. The number of nitrogens with zero attached hydrogens (tertiary/aromatic N) is 1. The fraction of sp³-hybridized carbons (Fsp3) is 0.471. The molecule has 0 aliphatic heterocycles. The van der Waals surface area contributed by atoms with Gasteiger partial charge in [-0.05, 0) is 19.4 Å². The Bertz CT molecular complexity index is 549. The van der Waals surface area contributed by atoms with Gasteiger partial charge in [0.1, 0.15) is 0 Å². The molecule has 1 aromatic carbocycles. The third-order valence-corrected chi connectivity index (χ3v) is 4.78. The van der Waals surface area contributed by atoms with Crippen LogP contribution in [0.5, 0.6) is 0 Å². The summed E-state index contributed by atoms with van der Waals surface area (Å²) in [6, 6.07) is 9.08. The van der Waals surface area contributed by atoms with Gasteiger partial charge in [-0.1, -0.05) is 50.6 Å². The van der Waals surface area contributed by atoms with Crippen LogP contribution in [0.25, 0.3) is 0 Å². The molecule has 1 aromatic heterocycles. The zero-order chi connectivity index (χ0) is 14.8. The van der Waals surface area contributed by atoms with E-state index >= 15 is 0 Å². The van der Waals surface area contributed by atoms with Gasteiger partial charge in [-0.2, -0.15) is 0 Å². The molecule has 0 saturated carbocycles. The highest BCUT2D eigenvalue weighted by molar-refractivity contribution is 7.11. The molecule has 0 fully saturated rings. The lowest BCUT2D eigenvalue weighted by atomic mass is 9.98. The Morgan fingerprint density at radius 1 is 1.20 bits per heavy atom. The Morgan fingerprint density at radius 2 is 1.85 bits per heavy atom. The molecule has 20 heavy (non-hydrogen) atoms. The van der Waals surface area contributed by atoms with Crippen LogP contribution in [-0.4, -0.2) is 4.98 Å². The van der Waals surface area contributed by atoms with Gasteiger partial charge in [0.05, 0.1) is 5.01 Å². The predicted molar refractivity (Wildman–Crippen MR) is 87.2 cm³/mol. The van der Waals surface area contributed by atoms with Crippen molar-refractivity contribution in [3.8, 4) is 0 Å². The van der Waals surface area contributed by atoms with Gasteiger partial charge in [0.2, 0.25) is 0 Å². The summed E-state index contributed by atoms with van der Waals surface area (Å²) in [6.07, 6.45) is 2.00. The molecule has 2 aromatic rings. The first-order chi connectivity index (χ1) is 9.36. The molecule has 0 bridgehead atoms. The van der Waals surface area contributed by atoms with Crippen molar-refractivity contribution in [2.75, 3.05) is 0 Å². The normalized spacial score (nSPS) is 13.4. The molecule has 1 N–H and O–H groups in total. The molecular weight excluding hydrogens is 264 g/mol. The van der Waals surface area contributed by atoms with Crippen LogP contribution in [-0.2, 0) is 12.0 Å². The lowest BCUT2D eigenvalue weighted by Gasteiger charge is -2.14. The number of hydrogen-bond acceptors (Lipinski definition) is 3. The molecule has 1 atom stereocenters. The minimum Gasteiger partial charge on any atom is -0.305 e. The van der Waals surface area contributed by atoms with Gasteiger partial charge in [-0.15, -0.1) is 11.3 Å². The lowest BCUT2D eigenvalue weighted by Crippen LogP contribution is -2.17. The topological polar surface area (TPSA) is 24.9 Å². The largest absolute Gasteiger partial charge is 0.305 e. The molecule has 0 aliphatic rings. The van der Waals surface area contributed by atoms with E-state index in [4.69, 9.17) is 0 Å². The predicted octanol–water partition coefficient (Wildman–Crippen LogP) is 4.60. The Kier molecular flexibility index (Phi) is 4.61. The molecule has 2 nitrogen and oxygen atoms in total. The van der Waals surface area contributed by atoms with Crippen molar-refractivity contribution in [1.29, 1.82) is 0 Å². The van der Waals surface area contributed by atoms with Gasteiger partial charge in [0, 0.05) is 29.1 Å². The van der Waals surface area contributed by atoms with Crippen LogP contribution >= 0.6 is 11.3 Å². The molecule has 0 saturated heterocycles. The quantitative estimate of drug-likeness (QED) is 0.889. The minimum atomic E-state index is 0.144. The van der Waals surface area contributed by atoms with Crippen LogP contribution in [0.2, 0.25) is 0 Å². The van der Waals surface area contributed by atoms with Crippen LogP contribution in [0.3, 0.4) is 0 Å². The summed E-state index contributed by atoms with van der Waals surface area (Å²) in [6.45, 7) is 11.8. The van der Waals surface area contributed by atoms with Crippen molar-refractivity contribution in [2.24, 2.45) is 0 Å². The van der Waals surface area contributed by atoms with Gasteiger partial charge in [-0.25, -0.2) is 4.98 Å². The minimum absolute atomic E-state index is 0.144. The highest BCUT2D eigenvalue weighted by Crippen LogP contribution is 2.27. The molecule has 0 amide bonds. The summed E-state index contributed by atoms with van der Waals surface area (Å²) in [5.74, 6) is 0. The van der Waals surface area contributed by atoms with E-state index in [9.17, 15) is 0 Å². The van der Waals surface area contributed by atoms with Crippen molar-refractivity contribution in [3.05, 3.63) is 51.5 Å². The van der Waals surface area contributed by atoms with Gasteiger partial charge in [0.25, 0.3) is 0 Å². The summed E-state index contributed by atoms with van der Waals surface area (Å²) in [7, 11) is 0. The van der Waals surface area contributed by atoms with Crippen molar-refractivity contribution in [2.45, 2.75) is 52.6 Å². The molecule has 0 aliphatic carbocycles. The second-order valence-corrected chi connectivity index (χ2v) is 7.51. The second-order valence-electron chi connectivity index (χ2n) is 6.39. The number of benzene rings is 1. The van der Waals surface area contributed by atoms with Crippen LogP contribution in [0.4, 0.5) is 0 Å². The average Bonchev–Trinajstić information content (AvgIpc) is 2.85. The molecule has 2 rings (SSSR count). The molecule has 0 spiro atoms. The van der Waals surface area contributed by atoms with Crippen molar-refractivity contribution >= 4 is 11.3 Å². The monoisotopic (exact) mass is 288 g/mol. The summed E-state index contributed by atoms with van der Waals surface area (Å²) in [5, 5.41) is 4.78. The van der Waals surface area contributed by atoms with Crippen molar-refractivity contribution in [3.63, 3.8) is 0 Å². The van der Waals surface area contributed by atoms with E-state index in [1.807, 2.05) is 6.20 Å². The first-order valence-corrected chi connectivity index (χ1v) is 7.93. The Balaban J connectivity index is 1.95. The Hall–Kier alpha value is -1.19. The summed E-state index contributed by atoms with van der Waals surface area (Å²) < 4.78 is 0. The second kappa shape index (κ2) is 6.06. The number of hydrogen-bond donors (Lipinski definition) is 1. The number of nitrogens with one attached hydrogen (secondary N) is 1. The maximum absolute atomic E-state index is 4.53. The molecule has 0 unspecified atom stereocenters. The summed E-state index contributed by atoms with van der Waals surface area (Å²) >= 11 is 1.81. The standard InChI is InChI=1S/C17H24N2S/c1-12-6-8-14(9-7-12)13(2)18-10-15-11-19-16(20-15)17(3,4)5/h6-9,11,13,18H,10H2,1-5H3/t13-/m1/s1. The molecule has 3 heteroatoms. The van der Waals surface area contributed by atoms with E-state index in [-0.39, 0.29) is 5.41 Å². The summed E-state index contributed by atoms with van der Waals surface area (Å²) in [5.41, 5.74) is 2.78. The highest BCUT2D eigenvalue weighted by atomic mass is 32.1. The van der Waals surface area contributed by atoms with Gasteiger partial charge in [-0.3, -0.25) is 0 Å². The van der Waals surface area contributed by atoms with Crippen LogP contribution in [0.15, 0.2) is 30.5 Å². The van der Waals surface area contributed by atoms with Crippen molar-refractivity contribution in [1.82, 2.24) is 10.3 Å². The third kappa shape index (κ3) is 3.90. The Morgan fingerprint density at radius 3 is 2.40 bits per heavy atom. The van der Waals surface area contributed by atoms with Gasteiger partial charge >= 0.3 is 0 Å². The fourth-order valence-electron chi connectivity index (χ4n) is 1.96. The molecule has 108 valence electrons. The Labute approximate surface area is 126 Å². The average molecular weight is 288 g/mol. The van der Waals surface area contributed by atoms with Gasteiger partial charge < -0.3 is 5.32 Å². The van der Waals surface area contributed by atoms with E-state index in [1.165, 1.54) is 21.0 Å². The van der Waals surface area contributed by atoms with E-state index in [1.54, 1.807) is 11.3 Å². The number of thiazole rings is 1. The zero-order valence-corrected chi connectivity index (χ0v) is 13.8. The van der Waals surface area contributed by atoms with Crippen LogP contribution < -0.4 is 5.32 Å². The molecular formula is C17H24N2S. The van der Waals surface area contributed by atoms with E-state index in [0.717, 1.165) is 6.54 Å². The van der Waals surface area contributed by atoms with E-state index in [0.29, 0.717) is 6.04 Å². The summed E-state index contributed by atoms with van der Waals surface area (Å²) in [4.78, 5) is 5.83. The first-order valence-electron chi connectivity index (χ1n) is 7.11. The maximum Gasteiger partial charge on any atom is 0.0981 e. The fourth-order valence-corrected chi connectivity index (χ4v) is 2.88.